The first-order valence-electron chi connectivity index (χ1n) is 11.4. The number of piperazine rings is 1. The van der Waals surface area contributed by atoms with Crippen LogP contribution in [0.4, 0.5) is 5.69 Å². The maximum atomic E-state index is 12.8. The number of hydrogen-bond donors (Lipinski definition) is 2. The second kappa shape index (κ2) is 13.0. The van der Waals surface area contributed by atoms with E-state index >= 15 is 0 Å². The molecule has 2 N–H and O–H groups in total. The molecule has 0 amide bonds. The molecule has 1 saturated heterocycles. The van der Waals surface area contributed by atoms with Crippen molar-refractivity contribution in [3.63, 3.8) is 0 Å². The van der Waals surface area contributed by atoms with Crippen LogP contribution >= 0.6 is 0 Å². The minimum absolute atomic E-state index is 0.151. The minimum atomic E-state index is -4.13. The molecule has 0 spiro atoms. The lowest BCUT2D eigenvalue weighted by Crippen LogP contribution is -2.55. The zero-order chi connectivity index (χ0) is 22.7. The van der Waals surface area contributed by atoms with E-state index in [4.69, 9.17) is 0 Å². The maximum absolute atomic E-state index is 12.8. The van der Waals surface area contributed by atoms with Gasteiger partial charge in [0.1, 0.15) is 11.3 Å². The van der Waals surface area contributed by atoms with Crippen LogP contribution in [0.5, 0.6) is 0 Å². The second-order valence-electron chi connectivity index (χ2n) is 8.19. The van der Waals surface area contributed by atoms with E-state index in [1.54, 1.807) is 6.08 Å². The van der Waals surface area contributed by atoms with Crippen LogP contribution < -0.4 is 10.2 Å². The van der Waals surface area contributed by atoms with Crippen molar-refractivity contribution in [2.24, 2.45) is 0 Å². The van der Waals surface area contributed by atoms with Gasteiger partial charge < -0.3 is 10.2 Å². The maximum Gasteiger partial charge on any atom is 0.271 e. The SMILES string of the molecule is [CH2]CCC(C=Cc1ccc(N2CCNCC2C(=O)CCCCCCC)cc1)S(=O)(=O)O. The molecule has 0 aromatic heterocycles. The Labute approximate surface area is 187 Å². The zero-order valence-corrected chi connectivity index (χ0v) is 19.4. The van der Waals surface area contributed by atoms with Gasteiger partial charge >= 0.3 is 0 Å². The van der Waals surface area contributed by atoms with E-state index in [0.717, 1.165) is 37.2 Å². The normalized spacial score (nSPS) is 18.4. The first-order valence-corrected chi connectivity index (χ1v) is 12.9. The molecule has 1 aromatic carbocycles. The van der Waals surface area contributed by atoms with E-state index < -0.39 is 15.4 Å². The summed E-state index contributed by atoms with van der Waals surface area (Å²) >= 11 is 0. The van der Waals surface area contributed by atoms with Crippen LogP contribution in [-0.2, 0) is 14.9 Å². The van der Waals surface area contributed by atoms with Gasteiger partial charge in [-0.3, -0.25) is 9.35 Å². The van der Waals surface area contributed by atoms with Gasteiger partial charge in [-0.2, -0.15) is 8.42 Å². The molecule has 2 rings (SSSR count). The van der Waals surface area contributed by atoms with E-state index in [9.17, 15) is 17.8 Å². The Kier molecular flexibility index (Phi) is 10.7. The summed E-state index contributed by atoms with van der Waals surface area (Å²) in [5.74, 6) is 0.289. The first-order chi connectivity index (χ1) is 14.9. The number of carbonyl (C=O) groups is 1. The largest absolute Gasteiger partial charge is 0.359 e. The molecular weight excluding hydrogens is 412 g/mol. The van der Waals surface area contributed by atoms with Gasteiger partial charge in [-0.25, -0.2) is 0 Å². The lowest BCUT2D eigenvalue weighted by Gasteiger charge is -2.37. The topological polar surface area (TPSA) is 86.7 Å². The number of benzene rings is 1. The number of nitrogens with zero attached hydrogens (tertiary/aromatic N) is 1. The standard InChI is InChI=1S/C24H37N2O4S/c1-3-5-6-7-8-10-24(27)23-19-25-17-18-26(23)21-14-11-20(12-15-21)13-16-22(9-4-2)31(28,29)30/h11-16,22-23,25H,2-10,17-19H2,1H3,(H,28,29,30). The summed E-state index contributed by atoms with van der Waals surface area (Å²) in [7, 11) is -4.13. The van der Waals surface area contributed by atoms with Gasteiger partial charge in [0.25, 0.3) is 10.1 Å². The number of rotatable bonds is 13. The first kappa shape index (κ1) is 25.6. The average molecular weight is 450 g/mol. The molecule has 1 aliphatic heterocycles. The summed E-state index contributed by atoms with van der Waals surface area (Å²) in [6.45, 7) is 8.12. The van der Waals surface area contributed by atoms with Crippen molar-refractivity contribution in [1.82, 2.24) is 5.32 Å². The fourth-order valence-corrected chi connectivity index (χ4v) is 4.65. The van der Waals surface area contributed by atoms with Gasteiger partial charge in [0.2, 0.25) is 0 Å². The van der Waals surface area contributed by atoms with Gasteiger partial charge in [-0.05, 0) is 30.5 Å². The molecule has 31 heavy (non-hydrogen) atoms. The molecule has 1 radical (unpaired) electrons. The molecule has 1 heterocycles. The van der Waals surface area contributed by atoms with Gasteiger partial charge in [0.05, 0.1) is 0 Å². The number of carbonyl (C=O) groups excluding carboxylic acids is 1. The molecule has 6 nitrogen and oxygen atoms in total. The summed E-state index contributed by atoms with van der Waals surface area (Å²) in [6.07, 6.45) is 10.2. The average Bonchev–Trinajstić information content (AvgIpc) is 2.76. The van der Waals surface area contributed by atoms with Crippen molar-refractivity contribution in [1.29, 1.82) is 0 Å². The monoisotopic (exact) mass is 449 g/mol. The summed E-state index contributed by atoms with van der Waals surface area (Å²) < 4.78 is 32.3. The third-order valence-corrected chi connectivity index (χ3v) is 6.90. The van der Waals surface area contributed by atoms with E-state index in [1.165, 1.54) is 25.3 Å². The van der Waals surface area contributed by atoms with E-state index in [2.05, 4.69) is 24.1 Å². The van der Waals surface area contributed by atoms with Gasteiger partial charge in [-0.15, -0.1) is 0 Å². The van der Waals surface area contributed by atoms with Crippen LogP contribution in [-0.4, -0.2) is 49.7 Å². The number of ketones is 1. The Hall–Kier alpha value is -1.70. The smallest absolute Gasteiger partial charge is 0.271 e. The number of anilines is 1. The van der Waals surface area contributed by atoms with Crippen molar-refractivity contribution < 1.29 is 17.8 Å². The Morgan fingerprint density at radius 1 is 1.26 bits per heavy atom. The Morgan fingerprint density at radius 3 is 2.61 bits per heavy atom. The molecule has 1 aromatic rings. The molecule has 173 valence electrons. The second-order valence-corrected chi connectivity index (χ2v) is 9.83. The third-order valence-electron chi connectivity index (χ3n) is 5.74. The number of hydrogen-bond acceptors (Lipinski definition) is 5. The predicted octanol–water partition coefficient (Wildman–Crippen LogP) is 4.28. The molecular formula is C24H37N2O4S. The molecule has 7 heteroatoms. The highest BCUT2D eigenvalue weighted by Crippen LogP contribution is 2.22. The van der Waals surface area contributed by atoms with Crippen molar-refractivity contribution in [2.45, 2.75) is 69.6 Å². The Bertz CT molecular complexity index is 805. The number of unbranched alkanes of at least 4 members (excludes halogenated alkanes) is 4. The summed E-state index contributed by atoms with van der Waals surface area (Å²) in [4.78, 5) is 15.0. The highest BCUT2D eigenvalue weighted by Gasteiger charge is 2.28. The quantitative estimate of drug-likeness (QED) is 0.345. The van der Waals surface area contributed by atoms with Crippen molar-refractivity contribution in [3.05, 3.63) is 42.8 Å². The lowest BCUT2D eigenvalue weighted by molar-refractivity contribution is -0.120. The fraction of sp³-hybridized carbons (Fsp3) is 0.583. The molecule has 2 unspecified atom stereocenters. The minimum Gasteiger partial charge on any atom is -0.359 e. The van der Waals surface area contributed by atoms with Crippen LogP contribution in [0.15, 0.2) is 30.3 Å². The van der Waals surface area contributed by atoms with Gasteiger partial charge in [0.15, 0.2) is 5.78 Å². The van der Waals surface area contributed by atoms with Gasteiger partial charge in [0, 0.05) is 31.7 Å². The van der Waals surface area contributed by atoms with E-state index in [-0.39, 0.29) is 18.2 Å². The van der Waals surface area contributed by atoms with Crippen LogP contribution in [0.3, 0.4) is 0 Å². The van der Waals surface area contributed by atoms with Crippen molar-refractivity contribution in [3.8, 4) is 0 Å². The van der Waals surface area contributed by atoms with E-state index in [1.807, 2.05) is 24.3 Å². The van der Waals surface area contributed by atoms with Gasteiger partial charge in [-0.1, -0.05) is 70.2 Å². The van der Waals surface area contributed by atoms with Crippen molar-refractivity contribution in [2.75, 3.05) is 24.5 Å². The molecule has 1 fully saturated rings. The Balaban J connectivity index is 2.02. The summed E-state index contributed by atoms with van der Waals surface area (Å²) in [5.41, 5.74) is 1.84. The molecule has 0 aliphatic carbocycles. The fourth-order valence-electron chi connectivity index (χ4n) is 3.91. The zero-order valence-electron chi connectivity index (χ0n) is 18.6. The Morgan fingerprint density at radius 2 is 1.97 bits per heavy atom. The van der Waals surface area contributed by atoms with Crippen molar-refractivity contribution >= 4 is 27.7 Å². The van der Waals surface area contributed by atoms with Crippen LogP contribution in [0.25, 0.3) is 6.08 Å². The number of nitrogens with one attached hydrogen (secondary N) is 1. The van der Waals surface area contributed by atoms with E-state index in [0.29, 0.717) is 19.4 Å². The molecule has 2 atom stereocenters. The summed E-state index contributed by atoms with van der Waals surface area (Å²) in [5, 5.41) is 2.39. The predicted molar refractivity (Wildman–Crippen MR) is 128 cm³/mol. The molecule has 0 bridgehead atoms. The van der Waals surface area contributed by atoms with Crippen LogP contribution in [0, 0.1) is 6.92 Å². The van der Waals surface area contributed by atoms with Crippen LogP contribution in [0.1, 0.15) is 63.9 Å². The lowest BCUT2D eigenvalue weighted by atomic mass is 10.0. The highest BCUT2D eigenvalue weighted by molar-refractivity contribution is 7.86. The summed E-state index contributed by atoms with van der Waals surface area (Å²) in [6, 6.07) is 7.60. The highest BCUT2D eigenvalue weighted by atomic mass is 32.2. The van der Waals surface area contributed by atoms with Crippen LogP contribution in [0.2, 0.25) is 0 Å². The molecule has 0 saturated carbocycles. The number of Topliss-reactive ketones (excluding diaryl/α,β-unsaturated/α-hetero) is 1. The molecule has 1 aliphatic rings. The third kappa shape index (κ3) is 8.39.